The van der Waals surface area contributed by atoms with Gasteiger partial charge in [-0.25, -0.2) is 18.4 Å². The molecule has 1 saturated heterocycles. The van der Waals surface area contributed by atoms with Gasteiger partial charge in [-0.15, -0.1) is 0 Å². The van der Waals surface area contributed by atoms with Crippen molar-refractivity contribution < 1.29 is 12.8 Å². The quantitative estimate of drug-likeness (QED) is 0.653. The second-order valence-corrected chi connectivity index (χ2v) is 8.89. The topological polar surface area (TPSA) is 79.5 Å². The highest BCUT2D eigenvalue weighted by molar-refractivity contribution is 7.90. The molecule has 0 bridgehead atoms. The Kier molecular flexibility index (Phi) is 5.15. The summed E-state index contributed by atoms with van der Waals surface area (Å²) >= 11 is 0. The third-order valence-electron chi connectivity index (χ3n) is 4.82. The lowest BCUT2D eigenvalue weighted by Gasteiger charge is -2.34. The first-order valence-corrected chi connectivity index (χ1v) is 11.0. The molecule has 0 aliphatic carbocycles. The lowest BCUT2D eigenvalue weighted by molar-refractivity contribution is 0.230. The van der Waals surface area contributed by atoms with Crippen LogP contribution in [0.5, 0.6) is 0 Å². The molecule has 1 aliphatic rings. The summed E-state index contributed by atoms with van der Waals surface area (Å²) in [4.78, 5) is 13.5. The lowest BCUT2D eigenvalue weighted by atomic mass is 10.2. The number of furan rings is 1. The van der Waals surface area contributed by atoms with Crippen molar-refractivity contribution in [3.63, 3.8) is 0 Å². The summed E-state index contributed by atoms with van der Waals surface area (Å²) in [5.74, 6) is 2.41. The molecule has 3 heterocycles. The van der Waals surface area contributed by atoms with E-state index in [1.54, 1.807) is 36.7 Å². The molecule has 28 heavy (non-hydrogen) atoms. The van der Waals surface area contributed by atoms with Gasteiger partial charge < -0.3 is 9.32 Å². The molecule has 4 rings (SSSR count). The van der Waals surface area contributed by atoms with Crippen LogP contribution in [0.4, 0.5) is 5.95 Å². The molecule has 0 N–H and O–H groups in total. The van der Waals surface area contributed by atoms with Gasteiger partial charge in [0.25, 0.3) is 0 Å². The molecular weight excluding hydrogens is 376 g/mol. The van der Waals surface area contributed by atoms with E-state index in [0.717, 1.165) is 55.8 Å². The largest absolute Gasteiger partial charge is 0.460 e. The molecule has 0 radical (unpaired) electrons. The maximum Gasteiger partial charge on any atom is 0.225 e. The first-order valence-electron chi connectivity index (χ1n) is 9.12. The summed E-state index contributed by atoms with van der Waals surface area (Å²) in [6.07, 6.45) is 4.74. The number of aromatic nitrogens is 2. The van der Waals surface area contributed by atoms with Crippen LogP contribution < -0.4 is 4.90 Å². The van der Waals surface area contributed by atoms with Gasteiger partial charge in [-0.2, -0.15) is 0 Å². The molecule has 7 nitrogen and oxygen atoms in total. The summed E-state index contributed by atoms with van der Waals surface area (Å²) in [6.45, 7) is 4.33. The average Bonchev–Trinajstić information content (AvgIpc) is 3.17. The minimum atomic E-state index is -3.19. The zero-order valence-corrected chi connectivity index (χ0v) is 16.5. The molecule has 1 aromatic carbocycles. The highest BCUT2D eigenvalue weighted by Gasteiger charge is 2.20. The van der Waals surface area contributed by atoms with Gasteiger partial charge >= 0.3 is 0 Å². The van der Waals surface area contributed by atoms with Gasteiger partial charge in [-0.1, -0.05) is 0 Å². The SMILES string of the molecule is CS(=O)(=O)c1ccc(-c2ccc(CN3CCN(c4ncccn4)CC3)o2)cc1. The van der Waals surface area contributed by atoms with E-state index < -0.39 is 9.84 Å². The summed E-state index contributed by atoms with van der Waals surface area (Å²) in [7, 11) is -3.19. The second-order valence-electron chi connectivity index (χ2n) is 6.87. The van der Waals surface area contributed by atoms with Gasteiger partial charge in [0.2, 0.25) is 5.95 Å². The third kappa shape index (κ3) is 4.23. The third-order valence-corrected chi connectivity index (χ3v) is 5.94. The van der Waals surface area contributed by atoms with Gasteiger partial charge in [0.1, 0.15) is 11.5 Å². The Balaban J connectivity index is 1.37. The van der Waals surface area contributed by atoms with Gasteiger partial charge in [-0.05, 0) is 42.5 Å². The first kappa shape index (κ1) is 18.6. The molecule has 1 aliphatic heterocycles. The Labute approximate surface area is 164 Å². The lowest BCUT2D eigenvalue weighted by Crippen LogP contribution is -2.46. The highest BCUT2D eigenvalue weighted by atomic mass is 32.2. The molecule has 146 valence electrons. The fraction of sp³-hybridized carbons (Fsp3) is 0.300. The number of piperazine rings is 1. The standard InChI is InChI=1S/C20H22N4O3S/c1-28(25,26)18-6-3-16(4-7-18)19-8-5-17(27-19)15-23-11-13-24(14-12-23)20-21-9-2-10-22-20/h2-10H,11-15H2,1H3. The van der Waals surface area contributed by atoms with E-state index in [4.69, 9.17) is 4.42 Å². The predicted molar refractivity (Wildman–Crippen MR) is 107 cm³/mol. The highest BCUT2D eigenvalue weighted by Crippen LogP contribution is 2.24. The number of anilines is 1. The minimum Gasteiger partial charge on any atom is -0.460 e. The first-order chi connectivity index (χ1) is 13.5. The van der Waals surface area contributed by atoms with Crippen molar-refractivity contribution in [2.75, 3.05) is 37.3 Å². The van der Waals surface area contributed by atoms with Crippen LogP contribution in [0.1, 0.15) is 5.76 Å². The zero-order chi connectivity index (χ0) is 19.6. The summed E-state index contributed by atoms with van der Waals surface area (Å²) in [5, 5.41) is 0. The van der Waals surface area contributed by atoms with E-state index >= 15 is 0 Å². The van der Waals surface area contributed by atoms with Gasteiger partial charge in [0, 0.05) is 50.4 Å². The monoisotopic (exact) mass is 398 g/mol. The van der Waals surface area contributed by atoms with Crippen LogP contribution in [0.25, 0.3) is 11.3 Å². The number of hydrogen-bond donors (Lipinski definition) is 0. The fourth-order valence-corrected chi connectivity index (χ4v) is 3.90. The van der Waals surface area contributed by atoms with E-state index in [0.29, 0.717) is 4.90 Å². The van der Waals surface area contributed by atoms with E-state index in [2.05, 4.69) is 19.8 Å². The van der Waals surface area contributed by atoms with Crippen LogP contribution in [0.3, 0.4) is 0 Å². The zero-order valence-electron chi connectivity index (χ0n) is 15.7. The summed E-state index contributed by atoms with van der Waals surface area (Å²) < 4.78 is 29.1. The van der Waals surface area contributed by atoms with E-state index in [1.165, 1.54) is 6.26 Å². The maximum absolute atomic E-state index is 11.6. The molecule has 0 spiro atoms. The molecule has 0 amide bonds. The molecule has 2 aromatic heterocycles. The Morgan fingerprint density at radius 3 is 2.29 bits per heavy atom. The van der Waals surface area contributed by atoms with E-state index in [1.807, 2.05) is 18.2 Å². The Morgan fingerprint density at radius 1 is 0.964 bits per heavy atom. The smallest absolute Gasteiger partial charge is 0.225 e. The van der Waals surface area contributed by atoms with E-state index in [-0.39, 0.29) is 0 Å². The second kappa shape index (κ2) is 7.73. The van der Waals surface area contributed by atoms with Crippen molar-refractivity contribution in [1.29, 1.82) is 0 Å². The number of nitrogens with zero attached hydrogens (tertiary/aromatic N) is 4. The molecule has 0 unspecified atom stereocenters. The van der Waals surface area contributed by atoms with Crippen LogP contribution in [0.2, 0.25) is 0 Å². The Bertz CT molecular complexity index is 1020. The molecular formula is C20H22N4O3S. The number of benzene rings is 1. The van der Waals surface area contributed by atoms with Crippen molar-refractivity contribution in [3.8, 4) is 11.3 Å². The number of hydrogen-bond acceptors (Lipinski definition) is 7. The Morgan fingerprint density at radius 2 is 1.64 bits per heavy atom. The van der Waals surface area contributed by atoms with Crippen LogP contribution in [-0.4, -0.2) is 55.7 Å². The fourth-order valence-electron chi connectivity index (χ4n) is 3.27. The van der Waals surface area contributed by atoms with Crippen LogP contribution >= 0.6 is 0 Å². The molecule has 3 aromatic rings. The summed E-state index contributed by atoms with van der Waals surface area (Å²) in [6, 6.07) is 12.5. The average molecular weight is 398 g/mol. The van der Waals surface area contributed by atoms with Crippen molar-refractivity contribution >= 4 is 15.8 Å². The van der Waals surface area contributed by atoms with Crippen molar-refractivity contribution in [2.24, 2.45) is 0 Å². The predicted octanol–water partition coefficient (Wildman–Crippen LogP) is 2.46. The molecule has 0 saturated carbocycles. The maximum atomic E-state index is 11.6. The number of sulfone groups is 1. The van der Waals surface area contributed by atoms with Gasteiger partial charge in [0.15, 0.2) is 9.84 Å². The number of rotatable bonds is 5. The van der Waals surface area contributed by atoms with Crippen LogP contribution in [0, 0.1) is 0 Å². The van der Waals surface area contributed by atoms with Crippen LogP contribution in [-0.2, 0) is 16.4 Å². The van der Waals surface area contributed by atoms with Crippen molar-refractivity contribution in [2.45, 2.75) is 11.4 Å². The van der Waals surface area contributed by atoms with Crippen molar-refractivity contribution in [3.05, 3.63) is 60.6 Å². The Hall–Kier alpha value is -2.71. The summed E-state index contributed by atoms with van der Waals surface area (Å²) in [5.41, 5.74) is 0.865. The molecule has 0 atom stereocenters. The van der Waals surface area contributed by atoms with E-state index in [9.17, 15) is 8.42 Å². The molecule has 1 fully saturated rings. The minimum absolute atomic E-state index is 0.309. The van der Waals surface area contributed by atoms with Crippen LogP contribution in [0.15, 0.2) is 64.2 Å². The van der Waals surface area contributed by atoms with Gasteiger partial charge in [0.05, 0.1) is 11.4 Å². The normalized spacial score (nSPS) is 15.7. The van der Waals surface area contributed by atoms with Crippen molar-refractivity contribution in [1.82, 2.24) is 14.9 Å². The molecule has 8 heteroatoms. The van der Waals surface area contributed by atoms with Gasteiger partial charge in [-0.3, -0.25) is 4.90 Å².